The van der Waals surface area contributed by atoms with Gasteiger partial charge >= 0.3 is 0 Å². The number of piperidine rings is 1. The number of nitrogen functional groups attached to an aromatic ring is 1. The van der Waals surface area contributed by atoms with Crippen molar-refractivity contribution in [1.82, 2.24) is 25.9 Å². The number of carbonyl (C=O) groups is 3. The Balaban J connectivity index is 1.06. The first-order valence-corrected chi connectivity index (χ1v) is 18.3. The minimum Gasteiger partial charge on any atom is -0.485 e. The van der Waals surface area contributed by atoms with Gasteiger partial charge in [-0.1, -0.05) is 17.9 Å². The molecule has 11 nitrogen and oxygen atoms in total. The van der Waals surface area contributed by atoms with E-state index in [4.69, 9.17) is 16.2 Å². The molecule has 0 aromatic carbocycles. The normalized spacial score (nSPS) is 42.2. The van der Waals surface area contributed by atoms with Crippen LogP contribution in [0, 0.1) is 59.2 Å². The fourth-order valence-corrected chi connectivity index (χ4v) is 14.6. The molecule has 3 spiro atoms. The summed E-state index contributed by atoms with van der Waals surface area (Å²) in [6.45, 7) is 6.39. The largest absolute Gasteiger partial charge is 0.485 e. The zero-order chi connectivity index (χ0) is 31.9. The third kappa shape index (κ3) is 3.26. The number of methoxy groups -OCH3 is 1. The van der Waals surface area contributed by atoms with Crippen LogP contribution in [0.5, 0.6) is 5.06 Å². The summed E-state index contributed by atoms with van der Waals surface area (Å²) in [4.78, 5) is 47.9. The van der Waals surface area contributed by atoms with Gasteiger partial charge < -0.3 is 32.2 Å². The van der Waals surface area contributed by atoms with Crippen molar-refractivity contribution in [2.24, 2.45) is 58.0 Å². The van der Waals surface area contributed by atoms with Gasteiger partial charge in [-0.15, -0.1) is 11.3 Å². The Kier molecular flexibility index (Phi) is 5.96. The molecular weight excluding hydrogens is 623 g/mol. The van der Waals surface area contributed by atoms with E-state index in [1.165, 1.54) is 20.0 Å². The second-order valence-corrected chi connectivity index (χ2v) is 17.1. The van der Waals surface area contributed by atoms with Crippen molar-refractivity contribution in [2.75, 3.05) is 12.8 Å². The van der Waals surface area contributed by atoms with Crippen LogP contribution < -0.4 is 32.2 Å². The second-order valence-electron chi connectivity index (χ2n) is 15.1. The van der Waals surface area contributed by atoms with Gasteiger partial charge in [0, 0.05) is 24.3 Å². The number of fused-ring (bicyclic) bond motifs is 4. The molecule has 1 aliphatic heterocycles. The summed E-state index contributed by atoms with van der Waals surface area (Å²) in [6.07, 6.45) is 6.45. The smallest absolute Gasteiger partial charge is 0.275 e. The maximum absolute atomic E-state index is 13.7. The summed E-state index contributed by atoms with van der Waals surface area (Å²) in [7, 11) is 1.52. The van der Waals surface area contributed by atoms with Crippen LogP contribution in [-0.2, 0) is 9.59 Å². The molecule has 1 saturated heterocycles. The average Bonchev–Trinajstić information content (AvgIpc) is 3.76. The van der Waals surface area contributed by atoms with Gasteiger partial charge in [0.25, 0.3) is 5.91 Å². The fourth-order valence-electron chi connectivity index (χ4n) is 13.4. The van der Waals surface area contributed by atoms with E-state index in [9.17, 15) is 14.4 Å². The summed E-state index contributed by atoms with van der Waals surface area (Å²) in [5, 5.41) is 14.4. The fraction of sp³-hybridized carbons (Fsp3) is 0.667. The van der Waals surface area contributed by atoms with E-state index in [2.05, 4.69) is 32.5 Å². The number of primary amides is 1. The van der Waals surface area contributed by atoms with E-state index in [1.807, 2.05) is 12.3 Å². The molecule has 0 radical (unpaired) electrons. The van der Waals surface area contributed by atoms with Crippen molar-refractivity contribution in [3.05, 3.63) is 28.4 Å². The second kappa shape index (κ2) is 9.46. The standard InChI is InChI=1S/C33H41N7O4S2/c1-13(21-12-45-14(2)37-21)36-20(4-6-24(34)41)26-16-8-15-9-17-18-10-22-31(11-19(16)33(18,22)32(15,17)26)23(5-7-25(42)40-31)38-28(43)27-29(44-3)46-30(35)39-27/h12,15-20,22-23,26,36H,1,4-11H2,2-3H3,(H2,34,41)(H2,35,39)(H,38,43)(H,40,42)/t15?,16?,17?,18?,19?,20?,22?,23?,26?,31-,32?,33?/m0/s1. The lowest BCUT2D eigenvalue weighted by Gasteiger charge is -2.86. The number of amides is 3. The first-order valence-electron chi connectivity index (χ1n) is 16.6. The van der Waals surface area contributed by atoms with Gasteiger partial charge in [-0.3, -0.25) is 14.4 Å². The Hall–Kier alpha value is -3.19. The number of nitrogens with zero attached hydrogens (tertiary/aromatic N) is 2. The number of rotatable bonds is 10. The molecule has 9 rings (SSSR count). The SMILES string of the molecule is C=C(NC(CCC(N)=O)C1C2CC3CC4C5CC6C5(C2C[C@]62NC(=O)CCC2NC(=O)c2nc(N)sc2OC)C341)c1csc(C)n1. The monoisotopic (exact) mass is 663 g/mol. The molecule has 46 heavy (non-hydrogen) atoms. The number of anilines is 1. The molecule has 3 amide bonds. The number of thiazole rings is 2. The van der Waals surface area contributed by atoms with E-state index in [0.717, 1.165) is 40.6 Å². The molecule has 6 aliphatic carbocycles. The summed E-state index contributed by atoms with van der Waals surface area (Å²) in [5.74, 6) is 3.20. The number of aryl methyl sites for hydroxylation is 1. The maximum Gasteiger partial charge on any atom is 0.275 e. The third-order valence-corrected chi connectivity index (χ3v) is 15.6. The molecule has 11 unspecified atom stereocenters. The molecular formula is C33H41N7O4S2. The van der Waals surface area contributed by atoms with Crippen LogP contribution in [0.1, 0.15) is 72.6 Å². The molecule has 2 aromatic rings. The summed E-state index contributed by atoms with van der Waals surface area (Å²) in [6, 6.07) is -0.114. The highest BCUT2D eigenvalue weighted by atomic mass is 32.1. The molecule has 7 N–H and O–H groups in total. The lowest BCUT2D eigenvalue weighted by molar-refractivity contribution is -0.393. The van der Waals surface area contributed by atoms with Crippen LogP contribution in [0.3, 0.4) is 0 Å². The highest BCUT2D eigenvalue weighted by molar-refractivity contribution is 7.17. The van der Waals surface area contributed by atoms with Crippen LogP contribution in [0.15, 0.2) is 12.0 Å². The Labute approximate surface area is 275 Å². The molecule has 3 heterocycles. The number of nitrogens with one attached hydrogen (secondary N) is 3. The van der Waals surface area contributed by atoms with Crippen molar-refractivity contribution in [2.45, 2.75) is 75.9 Å². The summed E-state index contributed by atoms with van der Waals surface area (Å²) in [5.41, 5.74) is 13.4. The molecule has 7 fully saturated rings. The summed E-state index contributed by atoms with van der Waals surface area (Å²) < 4.78 is 5.42. The van der Waals surface area contributed by atoms with E-state index >= 15 is 0 Å². The quantitative estimate of drug-likeness (QED) is 0.258. The van der Waals surface area contributed by atoms with Crippen molar-refractivity contribution in [3.63, 3.8) is 0 Å². The topological polar surface area (TPSA) is 174 Å². The predicted molar refractivity (Wildman–Crippen MR) is 173 cm³/mol. The van der Waals surface area contributed by atoms with Gasteiger partial charge in [-0.25, -0.2) is 9.97 Å². The van der Waals surface area contributed by atoms with Crippen LogP contribution in [0.25, 0.3) is 5.70 Å². The average molecular weight is 664 g/mol. The highest BCUT2D eigenvalue weighted by Crippen LogP contribution is 3.01. The Bertz CT molecular complexity index is 1710. The minimum atomic E-state index is -0.482. The Morgan fingerprint density at radius 1 is 1.22 bits per heavy atom. The van der Waals surface area contributed by atoms with Crippen molar-refractivity contribution in [3.8, 4) is 5.06 Å². The molecule has 7 aliphatic rings. The number of aromatic nitrogens is 2. The van der Waals surface area contributed by atoms with E-state index in [1.54, 1.807) is 11.3 Å². The van der Waals surface area contributed by atoms with Crippen molar-refractivity contribution in [1.29, 1.82) is 0 Å². The van der Waals surface area contributed by atoms with Gasteiger partial charge in [-0.05, 0) is 97.7 Å². The predicted octanol–water partition coefficient (Wildman–Crippen LogP) is 3.07. The van der Waals surface area contributed by atoms with Gasteiger partial charge in [0.15, 0.2) is 10.8 Å². The van der Waals surface area contributed by atoms with Crippen molar-refractivity contribution >= 4 is 51.2 Å². The van der Waals surface area contributed by atoms with Crippen LogP contribution in [0.2, 0.25) is 0 Å². The lowest BCUT2D eigenvalue weighted by Crippen LogP contribution is -2.85. The molecule has 12 atom stereocenters. The minimum absolute atomic E-state index is 0.0805. The zero-order valence-corrected chi connectivity index (χ0v) is 27.8. The Morgan fingerprint density at radius 3 is 2.76 bits per heavy atom. The van der Waals surface area contributed by atoms with Gasteiger partial charge in [0.1, 0.15) is 0 Å². The number of nitrogens with two attached hydrogens (primary N) is 2. The summed E-state index contributed by atoms with van der Waals surface area (Å²) >= 11 is 2.77. The highest BCUT2D eigenvalue weighted by Gasteiger charge is 2.98. The van der Waals surface area contributed by atoms with Gasteiger partial charge in [0.2, 0.25) is 16.9 Å². The van der Waals surface area contributed by atoms with E-state index in [-0.39, 0.29) is 51.5 Å². The first-order chi connectivity index (χ1) is 22.1. The van der Waals surface area contributed by atoms with E-state index in [0.29, 0.717) is 72.2 Å². The molecule has 6 saturated carbocycles. The van der Waals surface area contributed by atoms with Gasteiger partial charge in [-0.2, -0.15) is 0 Å². The van der Waals surface area contributed by atoms with Crippen molar-refractivity contribution < 1.29 is 19.1 Å². The number of ether oxygens (including phenoxy) is 1. The number of carbonyl (C=O) groups excluding carboxylic acids is 3. The molecule has 2 bridgehead atoms. The van der Waals surface area contributed by atoms with Crippen LogP contribution in [0.4, 0.5) is 5.13 Å². The maximum atomic E-state index is 13.7. The molecule has 244 valence electrons. The van der Waals surface area contributed by atoms with Crippen LogP contribution >= 0.6 is 22.7 Å². The first kappa shape index (κ1) is 29.0. The number of hydrogen-bond donors (Lipinski definition) is 5. The van der Waals surface area contributed by atoms with E-state index < -0.39 is 5.54 Å². The third-order valence-electron chi connectivity index (χ3n) is 14.0. The molecule has 13 heteroatoms. The molecule has 2 aromatic heterocycles. The zero-order valence-electron chi connectivity index (χ0n) is 26.1. The lowest BCUT2D eigenvalue weighted by atomic mass is 9.18. The van der Waals surface area contributed by atoms with Crippen LogP contribution in [-0.4, -0.2) is 52.4 Å². The van der Waals surface area contributed by atoms with Gasteiger partial charge in [0.05, 0.1) is 35.1 Å². The number of hydrogen-bond acceptors (Lipinski definition) is 10. The Morgan fingerprint density at radius 2 is 2.02 bits per heavy atom.